The summed E-state index contributed by atoms with van der Waals surface area (Å²) in [5.41, 5.74) is 0.875. The van der Waals surface area contributed by atoms with Gasteiger partial charge >= 0.3 is 5.97 Å². The number of likely N-dealkylation sites (tertiary alicyclic amines) is 1. The number of nitrogens with one attached hydrogen (secondary N) is 1. The molecule has 8 heteroatoms. The fraction of sp³-hybridized carbons (Fsp3) is 0.389. The van der Waals surface area contributed by atoms with E-state index in [1.165, 1.54) is 19.4 Å². The average Bonchev–Trinajstić information content (AvgIpc) is 3.11. The summed E-state index contributed by atoms with van der Waals surface area (Å²) in [7, 11) is -3.98. The van der Waals surface area contributed by atoms with Crippen LogP contribution in [0.2, 0.25) is 0 Å². The molecular weight excluding hydrogens is 356 g/mol. The molecule has 2 N–H and O–H groups in total. The van der Waals surface area contributed by atoms with E-state index >= 15 is 0 Å². The van der Waals surface area contributed by atoms with Crippen LogP contribution in [0.1, 0.15) is 33.9 Å². The number of nitrogens with zero attached hydrogens (tertiary/aromatic N) is 1. The number of carboxylic acids is 1. The Morgan fingerprint density at radius 3 is 2.62 bits per heavy atom. The Morgan fingerprint density at radius 1 is 1.27 bits per heavy atom. The van der Waals surface area contributed by atoms with Crippen LogP contribution in [0.3, 0.4) is 0 Å². The average molecular weight is 378 g/mol. The molecule has 0 saturated carbocycles. The van der Waals surface area contributed by atoms with Crippen LogP contribution in [0.4, 0.5) is 0 Å². The van der Waals surface area contributed by atoms with Gasteiger partial charge in [-0.25, -0.2) is 17.9 Å². The summed E-state index contributed by atoms with van der Waals surface area (Å²) in [6.45, 7) is 5.02. The maximum atomic E-state index is 12.8. The van der Waals surface area contributed by atoms with Crippen LogP contribution in [0.25, 0.3) is 0 Å². The van der Waals surface area contributed by atoms with Gasteiger partial charge in [-0.1, -0.05) is 30.3 Å². The minimum Gasteiger partial charge on any atom is -0.478 e. The fourth-order valence-electron chi connectivity index (χ4n) is 3.43. The van der Waals surface area contributed by atoms with Crippen molar-refractivity contribution in [2.45, 2.75) is 37.8 Å². The van der Waals surface area contributed by atoms with E-state index in [0.29, 0.717) is 13.0 Å². The monoisotopic (exact) mass is 378 g/mol. The highest BCUT2D eigenvalue weighted by Crippen LogP contribution is 2.27. The molecule has 2 heterocycles. The second-order valence-electron chi connectivity index (χ2n) is 6.55. The predicted molar refractivity (Wildman–Crippen MR) is 95.6 cm³/mol. The zero-order chi connectivity index (χ0) is 18.9. The van der Waals surface area contributed by atoms with E-state index in [-0.39, 0.29) is 28.0 Å². The molecule has 3 rings (SSSR count). The van der Waals surface area contributed by atoms with Crippen molar-refractivity contribution in [1.29, 1.82) is 0 Å². The lowest BCUT2D eigenvalue weighted by molar-refractivity contribution is 0.0691. The van der Waals surface area contributed by atoms with Crippen molar-refractivity contribution in [2.75, 3.05) is 13.1 Å². The predicted octanol–water partition coefficient (Wildman–Crippen LogP) is 2.15. The van der Waals surface area contributed by atoms with Gasteiger partial charge in [-0.05, 0) is 25.8 Å². The standard InChI is InChI=1S/C18H22N2O5S/c1-12-16(18(21)22)17(13(2)25-12)26(23,24)19-15-8-9-20(11-15)10-14-6-4-3-5-7-14/h3-7,15,19H,8-11H2,1-2H3,(H,21,22). The van der Waals surface area contributed by atoms with Gasteiger partial charge in [0.05, 0.1) is 0 Å². The smallest absolute Gasteiger partial charge is 0.340 e. The molecule has 1 atom stereocenters. The molecule has 0 spiro atoms. The van der Waals surface area contributed by atoms with Gasteiger partial charge in [-0.15, -0.1) is 0 Å². The maximum Gasteiger partial charge on any atom is 0.340 e. The second kappa shape index (κ2) is 7.22. The number of hydrogen-bond acceptors (Lipinski definition) is 5. The summed E-state index contributed by atoms with van der Waals surface area (Å²) >= 11 is 0. The summed E-state index contributed by atoms with van der Waals surface area (Å²) in [4.78, 5) is 13.3. The van der Waals surface area contributed by atoms with Crippen molar-refractivity contribution in [3.8, 4) is 0 Å². The van der Waals surface area contributed by atoms with Crippen LogP contribution in [-0.2, 0) is 16.6 Å². The van der Waals surface area contributed by atoms with E-state index in [1.807, 2.05) is 30.3 Å². The first-order valence-corrected chi connectivity index (χ1v) is 9.88. The number of sulfonamides is 1. The van der Waals surface area contributed by atoms with Gasteiger partial charge in [0.2, 0.25) is 10.0 Å². The van der Waals surface area contributed by atoms with Crippen LogP contribution in [0.15, 0.2) is 39.6 Å². The van der Waals surface area contributed by atoms with Crippen molar-refractivity contribution in [3.05, 3.63) is 53.0 Å². The highest BCUT2D eigenvalue weighted by Gasteiger charge is 2.34. The van der Waals surface area contributed by atoms with Crippen LogP contribution in [0, 0.1) is 13.8 Å². The van der Waals surface area contributed by atoms with Crippen LogP contribution in [0.5, 0.6) is 0 Å². The molecular formula is C18H22N2O5S. The third-order valence-corrected chi connectivity index (χ3v) is 6.20. The molecule has 1 saturated heterocycles. The van der Waals surface area contributed by atoms with E-state index in [2.05, 4.69) is 9.62 Å². The molecule has 2 aromatic rings. The second-order valence-corrected chi connectivity index (χ2v) is 8.20. The Morgan fingerprint density at radius 2 is 1.96 bits per heavy atom. The molecule has 0 aliphatic carbocycles. The first-order chi connectivity index (χ1) is 12.3. The number of rotatable bonds is 6. The Hall–Kier alpha value is -2.16. The van der Waals surface area contributed by atoms with Crippen LogP contribution in [-0.4, -0.2) is 43.5 Å². The topological polar surface area (TPSA) is 99.9 Å². The quantitative estimate of drug-likeness (QED) is 0.799. The summed E-state index contributed by atoms with van der Waals surface area (Å²) in [6, 6.07) is 9.72. The number of aromatic carboxylic acids is 1. The summed E-state index contributed by atoms with van der Waals surface area (Å²) in [6.07, 6.45) is 0.671. The lowest BCUT2D eigenvalue weighted by atomic mass is 10.2. The van der Waals surface area contributed by atoms with Gasteiger partial charge in [0.15, 0.2) is 0 Å². The Bertz CT molecular complexity index is 905. The van der Waals surface area contributed by atoms with Crippen LogP contribution >= 0.6 is 0 Å². The van der Waals surface area contributed by atoms with E-state index < -0.39 is 16.0 Å². The van der Waals surface area contributed by atoms with Crippen molar-refractivity contribution < 1.29 is 22.7 Å². The van der Waals surface area contributed by atoms with E-state index in [4.69, 9.17) is 4.42 Å². The molecule has 0 bridgehead atoms. The number of carboxylic acid groups (broad SMARTS) is 1. The van der Waals surface area contributed by atoms with Crippen molar-refractivity contribution >= 4 is 16.0 Å². The van der Waals surface area contributed by atoms with Crippen LogP contribution < -0.4 is 4.72 Å². The first-order valence-electron chi connectivity index (χ1n) is 8.40. The lowest BCUT2D eigenvalue weighted by Crippen LogP contribution is -2.37. The fourth-order valence-corrected chi connectivity index (χ4v) is 5.10. The van der Waals surface area contributed by atoms with Gasteiger partial charge in [-0.2, -0.15) is 0 Å². The minimum atomic E-state index is -3.98. The van der Waals surface area contributed by atoms with Gasteiger partial charge < -0.3 is 9.52 Å². The zero-order valence-electron chi connectivity index (χ0n) is 14.7. The first kappa shape index (κ1) is 18.6. The summed E-state index contributed by atoms with van der Waals surface area (Å²) in [5, 5.41) is 9.33. The molecule has 26 heavy (non-hydrogen) atoms. The molecule has 1 aromatic carbocycles. The molecule has 1 aliphatic heterocycles. The minimum absolute atomic E-state index is 0.0894. The molecule has 1 aromatic heterocycles. The Balaban J connectivity index is 1.72. The molecule has 0 radical (unpaired) electrons. The molecule has 1 fully saturated rings. The third kappa shape index (κ3) is 3.82. The SMILES string of the molecule is Cc1oc(C)c(S(=O)(=O)NC2CCN(Cc3ccccc3)C2)c1C(=O)O. The normalized spacial score (nSPS) is 18.3. The summed E-state index contributed by atoms with van der Waals surface area (Å²) in [5.74, 6) is -1.13. The van der Waals surface area contributed by atoms with Crippen molar-refractivity contribution in [3.63, 3.8) is 0 Å². The Labute approximate surface area is 152 Å². The summed E-state index contributed by atoms with van der Waals surface area (Å²) < 4.78 is 33.4. The van der Waals surface area contributed by atoms with E-state index in [0.717, 1.165) is 13.1 Å². The van der Waals surface area contributed by atoms with E-state index in [9.17, 15) is 18.3 Å². The molecule has 7 nitrogen and oxygen atoms in total. The van der Waals surface area contributed by atoms with Gasteiger partial charge in [0, 0.05) is 25.7 Å². The Kier molecular flexibility index (Phi) is 5.17. The lowest BCUT2D eigenvalue weighted by Gasteiger charge is -2.17. The number of aryl methyl sites for hydroxylation is 2. The third-order valence-electron chi connectivity index (χ3n) is 4.53. The van der Waals surface area contributed by atoms with Gasteiger partial charge in [-0.3, -0.25) is 4.90 Å². The molecule has 0 amide bonds. The number of carbonyl (C=O) groups is 1. The molecule has 1 unspecified atom stereocenters. The largest absolute Gasteiger partial charge is 0.478 e. The van der Waals surface area contributed by atoms with E-state index in [1.54, 1.807) is 0 Å². The molecule has 1 aliphatic rings. The van der Waals surface area contributed by atoms with Gasteiger partial charge in [0.1, 0.15) is 22.0 Å². The number of hydrogen-bond donors (Lipinski definition) is 2. The zero-order valence-corrected chi connectivity index (χ0v) is 15.5. The highest BCUT2D eigenvalue weighted by molar-refractivity contribution is 7.89. The maximum absolute atomic E-state index is 12.8. The van der Waals surface area contributed by atoms with Crippen molar-refractivity contribution in [2.24, 2.45) is 0 Å². The van der Waals surface area contributed by atoms with Crippen molar-refractivity contribution in [1.82, 2.24) is 9.62 Å². The highest BCUT2D eigenvalue weighted by atomic mass is 32.2. The molecule has 140 valence electrons. The number of furan rings is 1. The number of benzene rings is 1. The van der Waals surface area contributed by atoms with Gasteiger partial charge in [0.25, 0.3) is 0 Å².